The van der Waals surface area contributed by atoms with Crippen LogP contribution in [0, 0.1) is 0 Å². The third-order valence-corrected chi connectivity index (χ3v) is 5.45. The SMILES string of the molecule is Nc1sc(-c2cccnc2)nc1C(=O)Nc1cnccc1N1CCCCC1. The molecular formula is C19H20N6OS. The lowest BCUT2D eigenvalue weighted by atomic mass is 10.1. The van der Waals surface area contributed by atoms with Crippen LogP contribution < -0.4 is 16.0 Å². The summed E-state index contributed by atoms with van der Waals surface area (Å²) in [5.41, 5.74) is 8.79. The van der Waals surface area contributed by atoms with Crippen molar-refractivity contribution in [1.29, 1.82) is 0 Å². The van der Waals surface area contributed by atoms with Gasteiger partial charge in [0.2, 0.25) is 0 Å². The fourth-order valence-corrected chi connectivity index (χ4v) is 4.00. The van der Waals surface area contributed by atoms with E-state index in [0.717, 1.165) is 37.2 Å². The summed E-state index contributed by atoms with van der Waals surface area (Å²) in [4.78, 5) is 27.8. The summed E-state index contributed by atoms with van der Waals surface area (Å²) in [5, 5.41) is 3.99. The summed E-state index contributed by atoms with van der Waals surface area (Å²) in [7, 11) is 0. The normalized spacial score (nSPS) is 14.1. The van der Waals surface area contributed by atoms with Crippen LogP contribution in [0.3, 0.4) is 0 Å². The Morgan fingerprint density at radius 1 is 1.11 bits per heavy atom. The Morgan fingerprint density at radius 2 is 1.93 bits per heavy atom. The highest BCUT2D eigenvalue weighted by Gasteiger charge is 2.20. The maximum atomic E-state index is 12.8. The molecule has 0 radical (unpaired) electrons. The number of rotatable bonds is 4. The van der Waals surface area contributed by atoms with Crippen molar-refractivity contribution in [2.45, 2.75) is 19.3 Å². The molecule has 0 saturated carbocycles. The van der Waals surface area contributed by atoms with Gasteiger partial charge in [0.1, 0.15) is 10.0 Å². The van der Waals surface area contributed by atoms with Crippen LogP contribution in [0.5, 0.6) is 0 Å². The molecule has 8 heteroatoms. The second kappa shape index (κ2) is 7.71. The van der Waals surface area contributed by atoms with Gasteiger partial charge in [-0.1, -0.05) is 11.3 Å². The van der Waals surface area contributed by atoms with Crippen molar-refractivity contribution in [1.82, 2.24) is 15.0 Å². The number of piperidine rings is 1. The summed E-state index contributed by atoms with van der Waals surface area (Å²) >= 11 is 1.28. The topological polar surface area (TPSA) is 97.0 Å². The second-order valence-electron chi connectivity index (χ2n) is 6.37. The number of anilines is 3. The van der Waals surface area contributed by atoms with E-state index >= 15 is 0 Å². The molecule has 0 unspecified atom stereocenters. The van der Waals surface area contributed by atoms with E-state index in [-0.39, 0.29) is 11.6 Å². The largest absolute Gasteiger partial charge is 0.389 e. The molecular weight excluding hydrogens is 360 g/mol. The minimum absolute atomic E-state index is 0.229. The summed E-state index contributed by atoms with van der Waals surface area (Å²) in [6.45, 7) is 1.97. The zero-order valence-corrected chi connectivity index (χ0v) is 15.6. The van der Waals surface area contributed by atoms with Crippen LogP contribution >= 0.6 is 11.3 Å². The second-order valence-corrected chi connectivity index (χ2v) is 7.40. The first-order chi connectivity index (χ1) is 13.2. The molecule has 138 valence electrons. The molecule has 1 saturated heterocycles. The van der Waals surface area contributed by atoms with Crippen LogP contribution in [0.25, 0.3) is 10.6 Å². The van der Waals surface area contributed by atoms with Gasteiger partial charge in [-0.2, -0.15) is 0 Å². The summed E-state index contributed by atoms with van der Waals surface area (Å²) in [6.07, 6.45) is 10.4. The number of nitrogens with zero attached hydrogens (tertiary/aromatic N) is 4. The Labute approximate surface area is 161 Å². The van der Waals surface area contributed by atoms with Gasteiger partial charge in [0.25, 0.3) is 5.91 Å². The molecule has 0 bridgehead atoms. The molecule has 7 nitrogen and oxygen atoms in total. The summed E-state index contributed by atoms with van der Waals surface area (Å²) in [5.74, 6) is -0.329. The Hall–Kier alpha value is -3.00. The zero-order chi connectivity index (χ0) is 18.6. The van der Waals surface area contributed by atoms with Crippen LogP contribution in [-0.4, -0.2) is 33.9 Å². The molecule has 0 aromatic carbocycles. The Bertz CT molecular complexity index is 936. The lowest BCUT2D eigenvalue weighted by Crippen LogP contribution is -2.30. The van der Waals surface area contributed by atoms with Gasteiger partial charge in [-0.15, -0.1) is 0 Å². The maximum absolute atomic E-state index is 12.8. The van der Waals surface area contributed by atoms with Crippen molar-refractivity contribution in [3.63, 3.8) is 0 Å². The number of nitrogen functional groups attached to an aromatic ring is 1. The minimum Gasteiger partial charge on any atom is -0.389 e. The molecule has 27 heavy (non-hydrogen) atoms. The number of aromatic nitrogens is 3. The molecule has 1 fully saturated rings. The number of carbonyl (C=O) groups excluding carboxylic acids is 1. The van der Waals surface area contributed by atoms with E-state index in [2.05, 4.69) is 25.2 Å². The maximum Gasteiger partial charge on any atom is 0.277 e. The van der Waals surface area contributed by atoms with Crippen molar-refractivity contribution >= 4 is 33.6 Å². The van der Waals surface area contributed by atoms with Crippen LogP contribution in [0.15, 0.2) is 43.0 Å². The smallest absolute Gasteiger partial charge is 0.277 e. The minimum atomic E-state index is -0.329. The van der Waals surface area contributed by atoms with Crippen molar-refractivity contribution in [3.05, 3.63) is 48.7 Å². The van der Waals surface area contributed by atoms with Gasteiger partial charge in [0.05, 0.1) is 17.6 Å². The van der Waals surface area contributed by atoms with E-state index in [1.807, 2.05) is 18.2 Å². The predicted octanol–water partition coefficient (Wildman–Crippen LogP) is 3.42. The molecule has 1 aliphatic heterocycles. The average Bonchev–Trinajstić information content (AvgIpc) is 3.12. The average molecular weight is 380 g/mol. The zero-order valence-electron chi connectivity index (χ0n) is 14.8. The molecule has 0 aliphatic carbocycles. The van der Waals surface area contributed by atoms with Gasteiger partial charge < -0.3 is 16.0 Å². The van der Waals surface area contributed by atoms with Gasteiger partial charge in [-0.25, -0.2) is 4.98 Å². The quantitative estimate of drug-likeness (QED) is 0.720. The Morgan fingerprint density at radius 3 is 2.70 bits per heavy atom. The van der Waals surface area contributed by atoms with Crippen LogP contribution in [0.1, 0.15) is 29.8 Å². The number of thiazole rings is 1. The lowest BCUT2D eigenvalue weighted by molar-refractivity contribution is 0.102. The number of hydrogen-bond donors (Lipinski definition) is 2. The van der Waals surface area contributed by atoms with E-state index in [4.69, 9.17) is 5.73 Å². The lowest BCUT2D eigenvalue weighted by Gasteiger charge is -2.30. The van der Waals surface area contributed by atoms with E-state index in [1.54, 1.807) is 24.8 Å². The van der Waals surface area contributed by atoms with E-state index in [9.17, 15) is 4.79 Å². The number of carbonyl (C=O) groups is 1. The van der Waals surface area contributed by atoms with E-state index in [0.29, 0.717) is 15.7 Å². The molecule has 4 rings (SSSR count). The number of pyridine rings is 2. The first-order valence-electron chi connectivity index (χ1n) is 8.89. The first kappa shape index (κ1) is 17.4. The fourth-order valence-electron chi connectivity index (χ4n) is 3.18. The first-order valence-corrected chi connectivity index (χ1v) is 9.71. The number of nitrogens with one attached hydrogen (secondary N) is 1. The molecule has 3 N–H and O–H groups in total. The van der Waals surface area contributed by atoms with Gasteiger partial charge >= 0.3 is 0 Å². The molecule has 3 aromatic rings. The Balaban J connectivity index is 1.58. The summed E-state index contributed by atoms with van der Waals surface area (Å²) < 4.78 is 0. The van der Waals surface area contributed by atoms with Crippen LogP contribution in [0.4, 0.5) is 16.4 Å². The van der Waals surface area contributed by atoms with Gasteiger partial charge in [-0.05, 0) is 37.5 Å². The van der Waals surface area contributed by atoms with Crippen molar-refractivity contribution in [3.8, 4) is 10.6 Å². The van der Waals surface area contributed by atoms with E-state index in [1.165, 1.54) is 17.8 Å². The van der Waals surface area contributed by atoms with Crippen molar-refractivity contribution < 1.29 is 4.79 Å². The van der Waals surface area contributed by atoms with Crippen LogP contribution in [0.2, 0.25) is 0 Å². The highest BCUT2D eigenvalue weighted by molar-refractivity contribution is 7.19. The predicted molar refractivity (Wildman–Crippen MR) is 108 cm³/mol. The monoisotopic (exact) mass is 380 g/mol. The highest BCUT2D eigenvalue weighted by atomic mass is 32.1. The van der Waals surface area contributed by atoms with Gasteiger partial charge in [0, 0.05) is 37.2 Å². The third-order valence-electron chi connectivity index (χ3n) is 4.52. The van der Waals surface area contributed by atoms with Gasteiger partial charge in [-0.3, -0.25) is 14.8 Å². The van der Waals surface area contributed by atoms with Crippen molar-refractivity contribution in [2.24, 2.45) is 0 Å². The number of amides is 1. The number of hydrogen-bond acceptors (Lipinski definition) is 7. The molecule has 3 aromatic heterocycles. The fraction of sp³-hybridized carbons (Fsp3) is 0.263. The summed E-state index contributed by atoms with van der Waals surface area (Å²) in [6, 6.07) is 5.65. The molecule has 0 spiro atoms. The van der Waals surface area contributed by atoms with Gasteiger partial charge in [0.15, 0.2) is 5.69 Å². The molecule has 1 aliphatic rings. The molecule has 0 atom stereocenters. The standard InChI is InChI=1S/C19H20N6OS/c20-17-16(24-19(27-17)13-5-4-7-21-11-13)18(26)23-14-12-22-8-6-15(14)25-9-2-1-3-10-25/h4-8,11-12H,1-3,9-10,20H2,(H,23,26). The van der Waals surface area contributed by atoms with E-state index < -0.39 is 0 Å². The highest BCUT2D eigenvalue weighted by Crippen LogP contribution is 2.31. The molecule has 1 amide bonds. The molecule has 4 heterocycles. The van der Waals surface area contributed by atoms with Crippen LogP contribution in [-0.2, 0) is 0 Å². The number of nitrogens with two attached hydrogens (primary N) is 1. The third kappa shape index (κ3) is 3.75. The van der Waals surface area contributed by atoms with Crippen molar-refractivity contribution in [2.75, 3.05) is 29.0 Å². The Kier molecular flexibility index (Phi) is 4.97.